The highest BCUT2D eigenvalue weighted by atomic mass is 35.5. The van der Waals surface area contributed by atoms with Crippen LogP contribution in [0.5, 0.6) is 0 Å². The molecule has 110 valence electrons. The van der Waals surface area contributed by atoms with Crippen LogP contribution in [0.2, 0.25) is 5.02 Å². The molecule has 0 saturated heterocycles. The molecule has 0 amide bonds. The Bertz CT molecular complexity index is 806. The van der Waals surface area contributed by atoms with E-state index in [1.165, 1.54) is 30.7 Å². The summed E-state index contributed by atoms with van der Waals surface area (Å²) in [5.74, 6) is 0. The molecule has 1 aromatic heterocycles. The molecule has 0 saturated carbocycles. The number of anilines is 1. The Labute approximate surface area is 128 Å². The summed E-state index contributed by atoms with van der Waals surface area (Å²) in [6, 6.07) is 6.36. The first-order valence-corrected chi connectivity index (χ1v) is 7.95. The van der Waals surface area contributed by atoms with Gasteiger partial charge in [0.05, 0.1) is 17.6 Å². The summed E-state index contributed by atoms with van der Waals surface area (Å²) < 4.78 is 28.6. The minimum absolute atomic E-state index is 0.0993. The first kappa shape index (κ1) is 15.4. The van der Waals surface area contributed by atoms with Crippen molar-refractivity contribution in [2.75, 3.05) is 4.72 Å². The molecule has 0 spiro atoms. The van der Waals surface area contributed by atoms with Gasteiger partial charge in [0.25, 0.3) is 10.0 Å². The van der Waals surface area contributed by atoms with Crippen LogP contribution in [0.3, 0.4) is 0 Å². The molecule has 0 aliphatic rings. The monoisotopic (exact) mass is 324 g/mol. The molecule has 0 aliphatic carbocycles. The van der Waals surface area contributed by atoms with E-state index in [9.17, 15) is 8.42 Å². The lowest BCUT2D eigenvalue weighted by Crippen LogP contribution is -2.14. The van der Waals surface area contributed by atoms with Gasteiger partial charge >= 0.3 is 0 Å². The molecule has 1 N–H and O–H groups in total. The zero-order valence-electron chi connectivity index (χ0n) is 11.4. The van der Waals surface area contributed by atoms with Crippen molar-refractivity contribution in [1.29, 1.82) is 5.26 Å². The van der Waals surface area contributed by atoms with Gasteiger partial charge in [-0.1, -0.05) is 11.6 Å². The fourth-order valence-electron chi connectivity index (χ4n) is 1.63. The third kappa shape index (κ3) is 3.35. The predicted molar refractivity (Wildman–Crippen MR) is 79.6 cm³/mol. The summed E-state index contributed by atoms with van der Waals surface area (Å²) in [5, 5.41) is 9.23. The minimum Gasteiger partial charge on any atom is -0.334 e. The number of rotatable bonds is 4. The van der Waals surface area contributed by atoms with Crippen LogP contribution in [-0.2, 0) is 10.0 Å². The Morgan fingerprint density at radius 3 is 2.71 bits per heavy atom. The SMILES string of the molecule is CC(C)n1cnc(S(=O)(=O)Nc2cc(Cl)ccc2C#N)c1. The Morgan fingerprint density at radius 1 is 1.43 bits per heavy atom. The topological polar surface area (TPSA) is 87.8 Å². The summed E-state index contributed by atoms with van der Waals surface area (Å²) in [6.07, 6.45) is 2.88. The van der Waals surface area contributed by atoms with Crippen molar-refractivity contribution in [3.05, 3.63) is 41.3 Å². The number of aromatic nitrogens is 2. The van der Waals surface area contributed by atoms with E-state index in [0.717, 1.165) is 0 Å². The average molecular weight is 325 g/mol. The van der Waals surface area contributed by atoms with Crippen LogP contribution in [0, 0.1) is 11.3 Å². The van der Waals surface area contributed by atoms with Gasteiger partial charge < -0.3 is 4.57 Å². The van der Waals surface area contributed by atoms with Gasteiger partial charge in [0, 0.05) is 17.3 Å². The minimum atomic E-state index is -3.87. The maximum atomic E-state index is 12.3. The number of hydrogen-bond donors (Lipinski definition) is 1. The van der Waals surface area contributed by atoms with Crippen molar-refractivity contribution in [3.63, 3.8) is 0 Å². The predicted octanol–water partition coefficient (Wildman–Crippen LogP) is 2.79. The summed E-state index contributed by atoms with van der Waals surface area (Å²) in [5.41, 5.74) is 0.315. The lowest BCUT2D eigenvalue weighted by molar-refractivity contribution is 0.591. The standard InChI is InChI=1S/C13H13ClN4O2S/c1-9(2)18-7-13(16-8-18)21(19,20)17-12-5-11(14)4-3-10(12)6-15/h3-5,7-9,17H,1-2H3. The highest BCUT2D eigenvalue weighted by molar-refractivity contribution is 7.92. The molecule has 2 rings (SSSR count). The van der Waals surface area contributed by atoms with E-state index in [2.05, 4.69) is 9.71 Å². The summed E-state index contributed by atoms with van der Waals surface area (Å²) in [4.78, 5) is 3.88. The van der Waals surface area contributed by atoms with E-state index >= 15 is 0 Å². The molecule has 0 unspecified atom stereocenters. The Kier molecular flexibility index (Phi) is 4.21. The molecule has 2 aromatic rings. The maximum absolute atomic E-state index is 12.3. The number of imidazole rings is 1. The number of nitrogens with one attached hydrogen (secondary N) is 1. The van der Waals surface area contributed by atoms with Crippen molar-refractivity contribution in [1.82, 2.24) is 9.55 Å². The maximum Gasteiger partial charge on any atom is 0.280 e. The largest absolute Gasteiger partial charge is 0.334 e. The lowest BCUT2D eigenvalue weighted by atomic mass is 10.2. The van der Waals surface area contributed by atoms with Gasteiger partial charge in [0.15, 0.2) is 5.03 Å². The third-order valence-electron chi connectivity index (χ3n) is 2.80. The number of benzene rings is 1. The smallest absolute Gasteiger partial charge is 0.280 e. The van der Waals surface area contributed by atoms with E-state index in [1.807, 2.05) is 19.9 Å². The van der Waals surface area contributed by atoms with Crippen LogP contribution in [0.15, 0.2) is 35.7 Å². The van der Waals surface area contributed by atoms with Crippen LogP contribution >= 0.6 is 11.6 Å². The van der Waals surface area contributed by atoms with Crippen LogP contribution in [-0.4, -0.2) is 18.0 Å². The fourth-order valence-corrected chi connectivity index (χ4v) is 2.82. The van der Waals surface area contributed by atoms with E-state index in [-0.39, 0.29) is 22.3 Å². The number of sulfonamides is 1. The Morgan fingerprint density at radius 2 is 2.14 bits per heavy atom. The second-order valence-corrected chi connectivity index (χ2v) is 6.73. The van der Waals surface area contributed by atoms with E-state index in [1.54, 1.807) is 4.57 Å². The number of nitrogens with zero attached hydrogens (tertiary/aromatic N) is 3. The summed E-state index contributed by atoms with van der Waals surface area (Å²) in [7, 11) is -3.87. The second kappa shape index (κ2) is 5.76. The molecule has 1 heterocycles. The molecule has 0 atom stereocenters. The zero-order chi connectivity index (χ0) is 15.6. The second-order valence-electron chi connectivity index (χ2n) is 4.66. The number of nitriles is 1. The average Bonchev–Trinajstić information content (AvgIpc) is 2.89. The Hall–Kier alpha value is -2.04. The van der Waals surface area contributed by atoms with Crippen LogP contribution in [0.25, 0.3) is 0 Å². The highest BCUT2D eigenvalue weighted by Gasteiger charge is 2.19. The normalized spacial score (nSPS) is 11.4. The molecule has 8 heteroatoms. The van der Waals surface area contributed by atoms with Gasteiger partial charge in [-0.3, -0.25) is 4.72 Å². The van der Waals surface area contributed by atoms with Crippen LogP contribution in [0.1, 0.15) is 25.5 Å². The molecular formula is C13H13ClN4O2S. The van der Waals surface area contributed by atoms with Crippen LogP contribution in [0.4, 0.5) is 5.69 Å². The van der Waals surface area contributed by atoms with E-state index in [4.69, 9.17) is 16.9 Å². The first-order valence-electron chi connectivity index (χ1n) is 6.09. The van der Waals surface area contributed by atoms with Gasteiger partial charge in [-0.25, -0.2) is 4.98 Å². The Balaban J connectivity index is 2.37. The van der Waals surface area contributed by atoms with Gasteiger partial charge in [0.2, 0.25) is 0 Å². The summed E-state index contributed by atoms with van der Waals surface area (Å²) >= 11 is 5.83. The van der Waals surface area contributed by atoms with Crippen molar-refractivity contribution in [2.45, 2.75) is 24.9 Å². The third-order valence-corrected chi connectivity index (χ3v) is 4.28. The van der Waals surface area contributed by atoms with Crippen LogP contribution < -0.4 is 4.72 Å². The lowest BCUT2D eigenvalue weighted by Gasteiger charge is -2.08. The summed E-state index contributed by atoms with van der Waals surface area (Å²) in [6.45, 7) is 3.83. The molecule has 0 radical (unpaired) electrons. The molecule has 1 aromatic carbocycles. The molecule has 0 aliphatic heterocycles. The number of hydrogen-bond acceptors (Lipinski definition) is 4. The fraction of sp³-hybridized carbons (Fsp3) is 0.231. The highest BCUT2D eigenvalue weighted by Crippen LogP contribution is 2.23. The van der Waals surface area contributed by atoms with Gasteiger partial charge in [0.1, 0.15) is 6.07 Å². The first-order chi connectivity index (χ1) is 9.83. The van der Waals surface area contributed by atoms with Gasteiger partial charge in [-0.15, -0.1) is 0 Å². The quantitative estimate of drug-likeness (QED) is 0.936. The molecule has 0 fully saturated rings. The van der Waals surface area contributed by atoms with Crippen molar-refractivity contribution in [2.24, 2.45) is 0 Å². The molecule has 0 bridgehead atoms. The van der Waals surface area contributed by atoms with E-state index < -0.39 is 10.0 Å². The zero-order valence-corrected chi connectivity index (χ0v) is 13.0. The molecule has 6 nitrogen and oxygen atoms in total. The van der Waals surface area contributed by atoms with Crippen molar-refractivity contribution < 1.29 is 8.42 Å². The number of halogens is 1. The van der Waals surface area contributed by atoms with Crippen molar-refractivity contribution >= 4 is 27.3 Å². The van der Waals surface area contributed by atoms with Crippen molar-refractivity contribution in [3.8, 4) is 6.07 Å². The van der Waals surface area contributed by atoms with E-state index in [0.29, 0.717) is 5.02 Å². The van der Waals surface area contributed by atoms with Gasteiger partial charge in [-0.2, -0.15) is 13.7 Å². The molecular weight excluding hydrogens is 312 g/mol. The van der Waals surface area contributed by atoms with Gasteiger partial charge in [-0.05, 0) is 32.0 Å². The molecule has 21 heavy (non-hydrogen) atoms.